The number of hydrogen-bond donors (Lipinski definition) is 2. The maximum atomic E-state index is 10.8. The average molecular weight is 296 g/mol. The van der Waals surface area contributed by atoms with Crippen LogP contribution in [0.15, 0.2) is 22.7 Å². The van der Waals surface area contributed by atoms with Crippen molar-refractivity contribution < 1.29 is 9.90 Å². The molecule has 90 valence electrons. The number of carbonyl (C=O) groups is 1. The van der Waals surface area contributed by atoms with Crippen LogP contribution in [0.4, 0.5) is 5.69 Å². The van der Waals surface area contributed by atoms with Gasteiger partial charge in [-0.3, -0.25) is 0 Å². The van der Waals surface area contributed by atoms with Crippen LogP contribution in [0.1, 0.15) is 30.1 Å². The summed E-state index contributed by atoms with van der Waals surface area (Å²) in [6, 6.07) is 5.27. The van der Waals surface area contributed by atoms with Crippen molar-refractivity contribution >= 4 is 27.6 Å². The van der Waals surface area contributed by atoms with Gasteiger partial charge in [-0.1, -0.05) is 6.92 Å². The molecule has 0 bridgehead atoms. The van der Waals surface area contributed by atoms with E-state index in [9.17, 15) is 4.79 Å². The van der Waals surface area contributed by atoms with Crippen molar-refractivity contribution in [3.63, 3.8) is 0 Å². The molecule has 0 amide bonds. The Labute approximate surface area is 109 Å². The number of anilines is 1. The predicted octanol–water partition coefficient (Wildman–Crippen LogP) is 3.36. The van der Waals surface area contributed by atoms with E-state index in [0.717, 1.165) is 12.1 Å². The molecule has 3 nitrogen and oxygen atoms in total. The maximum Gasteiger partial charge on any atom is 0.336 e. The summed E-state index contributed by atoms with van der Waals surface area (Å²) in [6.07, 6.45) is 6.84. The van der Waals surface area contributed by atoms with E-state index in [1.807, 2.05) is 0 Å². The number of carboxylic acids is 1. The van der Waals surface area contributed by atoms with E-state index in [0.29, 0.717) is 10.9 Å². The third-order valence-electron chi connectivity index (χ3n) is 2.43. The van der Waals surface area contributed by atoms with E-state index in [4.69, 9.17) is 11.5 Å². The highest BCUT2D eigenvalue weighted by Gasteiger charge is 2.10. The Balaban J connectivity index is 2.84. The van der Waals surface area contributed by atoms with Gasteiger partial charge < -0.3 is 10.4 Å². The third-order valence-corrected chi connectivity index (χ3v) is 3.08. The molecule has 0 aliphatic carbocycles. The smallest absolute Gasteiger partial charge is 0.336 e. The molecule has 1 unspecified atom stereocenters. The topological polar surface area (TPSA) is 49.3 Å². The zero-order valence-corrected chi connectivity index (χ0v) is 11.1. The highest BCUT2D eigenvalue weighted by atomic mass is 79.9. The second-order valence-electron chi connectivity index (χ2n) is 3.66. The van der Waals surface area contributed by atoms with Gasteiger partial charge in [0.05, 0.1) is 5.56 Å². The summed E-state index contributed by atoms with van der Waals surface area (Å²) >= 11 is 3.24. The number of terminal acetylenes is 1. The summed E-state index contributed by atoms with van der Waals surface area (Å²) in [5.74, 6) is 1.67. The predicted molar refractivity (Wildman–Crippen MR) is 72.3 cm³/mol. The molecular formula is C13H14BrNO2. The van der Waals surface area contributed by atoms with E-state index in [-0.39, 0.29) is 11.6 Å². The normalized spacial score (nSPS) is 11.6. The van der Waals surface area contributed by atoms with Crippen molar-refractivity contribution in [3.05, 3.63) is 28.2 Å². The van der Waals surface area contributed by atoms with E-state index in [2.05, 4.69) is 34.1 Å². The number of aromatic carboxylic acids is 1. The highest BCUT2D eigenvalue weighted by molar-refractivity contribution is 9.10. The van der Waals surface area contributed by atoms with Gasteiger partial charge in [0.15, 0.2) is 0 Å². The first-order valence-electron chi connectivity index (χ1n) is 5.31. The summed E-state index contributed by atoms with van der Waals surface area (Å²) in [7, 11) is 0. The first-order valence-corrected chi connectivity index (χ1v) is 6.10. The van der Waals surface area contributed by atoms with Crippen molar-refractivity contribution in [3.8, 4) is 12.3 Å². The van der Waals surface area contributed by atoms with Gasteiger partial charge in [-0.25, -0.2) is 4.79 Å². The minimum atomic E-state index is -0.945. The standard InChI is InChI=1S/C13H14BrNO2/c1-3-5-9(4-2)15-10-6-7-11(13(16)17)12(14)8-10/h1,6-9,15H,4-5H2,2H3,(H,16,17). The van der Waals surface area contributed by atoms with Crippen LogP contribution in [0.2, 0.25) is 0 Å². The molecule has 0 spiro atoms. The molecule has 0 saturated heterocycles. The number of hydrogen-bond acceptors (Lipinski definition) is 2. The molecule has 1 rings (SSSR count). The molecule has 2 N–H and O–H groups in total. The van der Waals surface area contributed by atoms with Gasteiger partial charge in [0.1, 0.15) is 0 Å². The third kappa shape index (κ3) is 3.79. The Hall–Kier alpha value is -1.47. The molecule has 0 aliphatic rings. The Morgan fingerprint density at radius 2 is 2.35 bits per heavy atom. The van der Waals surface area contributed by atoms with Crippen LogP contribution in [0.5, 0.6) is 0 Å². The lowest BCUT2D eigenvalue weighted by Crippen LogP contribution is -2.17. The Morgan fingerprint density at radius 1 is 1.65 bits per heavy atom. The van der Waals surface area contributed by atoms with Crippen LogP contribution >= 0.6 is 15.9 Å². The molecule has 1 aromatic carbocycles. The monoisotopic (exact) mass is 295 g/mol. The Morgan fingerprint density at radius 3 is 2.82 bits per heavy atom. The summed E-state index contributed by atoms with van der Waals surface area (Å²) in [5.41, 5.74) is 1.12. The number of carboxylic acid groups (broad SMARTS) is 1. The van der Waals surface area contributed by atoms with E-state index >= 15 is 0 Å². The average Bonchev–Trinajstić information content (AvgIpc) is 2.28. The van der Waals surface area contributed by atoms with Crippen LogP contribution in [-0.4, -0.2) is 17.1 Å². The van der Waals surface area contributed by atoms with Gasteiger partial charge in [0.25, 0.3) is 0 Å². The summed E-state index contributed by atoms with van der Waals surface area (Å²) < 4.78 is 0.561. The van der Waals surface area contributed by atoms with Crippen molar-refractivity contribution in [2.45, 2.75) is 25.8 Å². The zero-order chi connectivity index (χ0) is 12.8. The summed E-state index contributed by atoms with van der Waals surface area (Å²) in [5, 5.41) is 12.2. The lowest BCUT2D eigenvalue weighted by Gasteiger charge is -2.16. The SMILES string of the molecule is C#CCC(CC)Nc1ccc(C(=O)O)c(Br)c1. The zero-order valence-electron chi connectivity index (χ0n) is 9.53. The molecule has 1 atom stereocenters. The molecule has 0 radical (unpaired) electrons. The Kier molecular flexibility index (Phi) is 5.05. The molecule has 0 heterocycles. The largest absolute Gasteiger partial charge is 0.478 e. The lowest BCUT2D eigenvalue weighted by molar-refractivity contribution is 0.0696. The lowest BCUT2D eigenvalue weighted by atomic mass is 10.1. The molecule has 17 heavy (non-hydrogen) atoms. The Bertz CT molecular complexity index is 451. The van der Waals surface area contributed by atoms with E-state index in [1.54, 1.807) is 18.2 Å². The first kappa shape index (κ1) is 13.6. The molecule has 1 aromatic rings. The van der Waals surface area contributed by atoms with Crippen LogP contribution in [0.25, 0.3) is 0 Å². The van der Waals surface area contributed by atoms with Gasteiger partial charge in [-0.05, 0) is 40.5 Å². The molecule has 4 heteroatoms. The fraction of sp³-hybridized carbons (Fsp3) is 0.308. The minimum absolute atomic E-state index is 0.211. The van der Waals surface area contributed by atoms with Gasteiger partial charge >= 0.3 is 5.97 Å². The number of halogens is 1. The van der Waals surface area contributed by atoms with Crippen LogP contribution in [0.3, 0.4) is 0 Å². The fourth-order valence-corrected chi connectivity index (χ4v) is 2.00. The van der Waals surface area contributed by atoms with Crippen molar-refractivity contribution in [1.82, 2.24) is 0 Å². The first-order chi connectivity index (χ1) is 8.08. The molecule has 0 aliphatic heterocycles. The van der Waals surface area contributed by atoms with Crippen molar-refractivity contribution in [1.29, 1.82) is 0 Å². The molecule has 0 fully saturated rings. The molecule has 0 saturated carbocycles. The maximum absolute atomic E-state index is 10.8. The van der Waals surface area contributed by atoms with Crippen molar-refractivity contribution in [2.75, 3.05) is 5.32 Å². The van der Waals surface area contributed by atoms with Gasteiger partial charge in [-0.15, -0.1) is 12.3 Å². The quantitative estimate of drug-likeness (QED) is 0.819. The fourth-order valence-electron chi connectivity index (χ4n) is 1.45. The van der Waals surface area contributed by atoms with Crippen molar-refractivity contribution in [2.24, 2.45) is 0 Å². The molecular weight excluding hydrogens is 282 g/mol. The van der Waals surface area contributed by atoms with Gasteiger partial charge in [0, 0.05) is 22.6 Å². The van der Waals surface area contributed by atoms with E-state index in [1.165, 1.54) is 0 Å². The number of nitrogens with one attached hydrogen (secondary N) is 1. The van der Waals surface area contributed by atoms with Gasteiger partial charge in [-0.2, -0.15) is 0 Å². The van der Waals surface area contributed by atoms with Crippen LogP contribution in [0, 0.1) is 12.3 Å². The molecule has 0 aromatic heterocycles. The highest BCUT2D eigenvalue weighted by Crippen LogP contribution is 2.22. The second kappa shape index (κ2) is 6.31. The number of benzene rings is 1. The number of rotatable bonds is 5. The van der Waals surface area contributed by atoms with Gasteiger partial charge in [0.2, 0.25) is 0 Å². The summed E-state index contributed by atoms with van der Waals surface area (Å²) in [4.78, 5) is 10.8. The van der Waals surface area contributed by atoms with Crippen LogP contribution < -0.4 is 5.32 Å². The summed E-state index contributed by atoms with van der Waals surface area (Å²) in [6.45, 7) is 2.05. The minimum Gasteiger partial charge on any atom is -0.478 e. The van der Waals surface area contributed by atoms with E-state index < -0.39 is 5.97 Å². The second-order valence-corrected chi connectivity index (χ2v) is 4.51. The van der Waals surface area contributed by atoms with Crippen LogP contribution in [-0.2, 0) is 0 Å².